The number of fused-ring (bicyclic) bond motifs is 8. The van der Waals surface area contributed by atoms with Gasteiger partial charge in [0.25, 0.3) is 0 Å². The molecule has 0 saturated carbocycles. The number of ether oxygens (including phenoxy) is 1. The second-order valence-electron chi connectivity index (χ2n) is 7.64. The molecule has 0 aliphatic carbocycles. The molecule has 2 aromatic carbocycles. The lowest BCUT2D eigenvalue weighted by Crippen LogP contribution is -2.54. The predicted molar refractivity (Wildman–Crippen MR) is 113 cm³/mol. The zero-order valence-corrected chi connectivity index (χ0v) is 18.4. The summed E-state index contributed by atoms with van der Waals surface area (Å²) in [6, 6.07) is 10.5. The van der Waals surface area contributed by atoms with Crippen molar-refractivity contribution < 1.29 is 9.53 Å². The molecule has 1 saturated heterocycles. The van der Waals surface area contributed by atoms with Crippen molar-refractivity contribution in [2.45, 2.75) is 31.9 Å². The fourth-order valence-corrected chi connectivity index (χ4v) is 6.45. The zero-order valence-electron chi connectivity index (χ0n) is 15.2. The van der Waals surface area contributed by atoms with Gasteiger partial charge in [0.15, 0.2) is 0 Å². The maximum absolute atomic E-state index is 13.5. The maximum atomic E-state index is 13.5. The molecule has 2 amide bonds. The number of hydrogen-bond acceptors (Lipinski definition) is 2. The van der Waals surface area contributed by atoms with Crippen LogP contribution in [0.5, 0.6) is 0 Å². The zero-order chi connectivity index (χ0) is 18.9. The highest BCUT2D eigenvalue weighted by Gasteiger charge is 2.50. The summed E-state index contributed by atoms with van der Waals surface area (Å²) in [5, 5.41) is 0. The van der Waals surface area contributed by atoms with Gasteiger partial charge in [-0.05, 0) is 53.9 Å². The topological polar surface area (TPSA) is 32.8 Å². The van der Waals surface area contributed by atoms with Crippen molar-refractivity contribution in [3.05, 3.63) is 56.0 Å². The monoisotopic (exact) mass is 490 g/mol. The van der Waals surface area contributed by atoms with Crippen molar-refractivity contribution in [2.75, 3.05) is 23.5 Å². The minimum atomic E-state index is -0.0157. The number of aryl methyl sites for hydroxylation is 1. The molecule has 3 heterocycles. The normalized spacial score (nSPS) is 26.2. The number of rotatable bonds is 0. The fourth-order valence-electron chi connectivity index (χ4n) is 4.92. The molecule has 0 spiro atoms. The van der Waals surface area contributed by atoms with Gasteiger partial charge in [0.1, 0.15) is 0 Å². The molecular weight excluding hydrogens is 472 g/mol. The second kappa shape index (κ2) is 6.33. The van der Waals surface area contributed by atoms with E-state index in [1.807, 2.05) is 18.0 Å². The lowest BCUT2D eigenvalue weighted by Gasteiger charge is -2.52. The lowest BCUT2D eigenvalue weighted by atomic mass is 9.75. The van der Waals surface area contributed by atoms with Crippen LogP contribution in [0, 0.1) is 12.8 Å². The molecule has 5 rings (SSSR count). The molecule has 3 aliphatic heterocycles. The number of halogens is 2. The van der Waals surface area contributed by atoms with E-state index in [9.17, 15) is 4.79 Å². The van der Waals surface area contributed by atoms with E-state index in [1.54, 1.807) is 4.90 Å². The van der Waals surface area contributed by atoms with Gasteiger partial charge < -0.3 is 4.74 Å². The van der Waals surface area contributed by atoms with Gasteiger partial charge in [0.2, 0.25) is 0 Å². The van der Waals surface area contributed by atoms with E-state index in [0.29, 0.717) is 0 Å². The van der Waals surface area contributed by atoms with Gasteiger partial charge >= 0.3 is 6.03 Å². The molecule has 3 aliphatic rings. The first kappa shape index (κ1) is 17.7. The van der Waals surface area contributed by atoms with Crippen LogP contribution in [0.2, 0.25) is 0 Å². The summed E-state index contributed by atoms with van der Waals surface area (Å²) in [6.07, 6.45) is 2.12. The molecule has 0 bridgehead atoms. The molecule has 27 heavy (non-hydrogen) atoms. The Kier molecular flexibility index (Phi) is 4.15. The van der Waals surface area contributed by atoms with Crippen molar-refractivity contribution in [2.24, 2.45) is 5.92 Å². The third kappa shape index (κ3) is 2.53. The van der Waals surface area contributed by atoms with E-state index in [1.165, 1.54) is 11.1 Å². The Bertz CT molecular complexity index is 961. The highest BCUT2D eigenvalue weighted by Crippen LogP contribution is 2.57. The van der Waals surface area contributed by atoms with Crippen LogP contribution < -0.4 is 9.80 Å². The molecule has 6 heteroatoms. The van der Waals surface area contributed by atoms with E-state index >= 15 is 0 Å². The summed E-state index contributed by atoms with van der Waals surface area (Å²) < 4.78 is 8.22. The summed E-state index contributed by atoms with van der Waals surface area (Å²) in [4.78, 5) is 17.2. The van der Waals surface area contributed by atoms with Crippen molar-refractivity contribution in [3.8, 4) is 0 Å². The largest absolute Gasteiger partial charge is 0.373 e. The maximum Gasteiger partial charge on any atom is 0.329 e. The Morgan fingerprint density at radius 3 is 2.78 bits per heavy atom. The number of benzene rings is 2. The number of anilines is 2. The molecule has 3 unspecified atom stereocenters. The van der Waals surface area contributed by atoms with E-state index in [4.69, 9.17) is 4.74 Å². The average Bonchev–Trinajstić information content (AvgIpc) is 2.64. The van der Waals surface area contributed by atoms with Crippen molar-refractivity contribution in [1.29, 1.82) is 0 Å². The second-order valence-corrected chi connectivity index (χ2v) is 9.41. The van der Waals surface area contributed by atoms with E-state index in [0.717, 1.165) is 45.3 Å². The molecule has 2 aromatic rings. The highest BCUT2D eigenvalue weighted by atomic mass is 79.9. The number of carbonyl (C=O) groups excluding carboxylic acids is 1. The lowest BCUT2D eigenvalue weighted by molar-refractivity contribution is -0.0417. The minimum absolute atomic E-state index is 0.0157. The summed E-state index contributed by atoms with van der Waals surface area (Å²) in [5.41, 5.74) is 5.46. The number of nitrogens with zero attached hydrogens (tertiary/aromatic N) is 2. The molecular formula is C21H20Br2N2O2. The molecule has 0 aromatic heterocycles. The van der Waals surface area contributed by atoms with Gasteiger partial charge in [-0.2, -0.15) is 0 Å². The first-order chi connectivity index (χ1) is 13.0. The molecule has 4 nitrogen and oxygen atoms in total. The molecule has 0 radical (unpaired) electrons. The third-order valence-corrected chi connectivity index (χ3v) is 7.07. The Morgan fingerprint density at radius 1 is 1.15 bits per heavy atom. The molecule has 0 N–H and O–H groups in total. The summed E-state index contributed by atoms with van der Waals surface area (Å²) in [6.45, 7) is 2.88. The first-order valence-electron chi connectivity index (χ1n) is 9.25. The van der Waals surface area contributed by atoms with Gasteiger partial charge in [-0.1, -0.05) is 33.6 Å². The van der Waals surface area contributed by atoms with Crippen LogP contribution in [0.1, 0.15) is 41.7 Å². The molecule has 3 atom stereocenters. The first-order valence-corrected chi connectivity index (χ1v) is 10.8. The predicted octanol–water partition coefficient (Wildman–Crippen LogP) is 6.12. The summed E-state index contributed by atoms with van der Waals surface area (Å²) in [5.74, 6) is 0.255. The number of urea groups is 1. The quantitative estimate of drug-likeness (QED) is 0.444. The van der Waals surface area contributed by atoms with E-state index in [2.05, 4.69) is 63.0 Å². The van der Waals surface area contributed by atoms with Crippen LogP contribution in [0.3, 0.4) is 0 Å². The van der Waals surface area contributed by atoms with Gasteiger partial charge in [0, 0.05) is 39.6 Å². The van der Waals surface area contributed by atoms with Crippen LogP contribution in [0.4, 0.5) is 16.2 Å². The minimum Gasteiger partial charge on any atom is -0.373 e. The number of hydrogen-bond donors (Lipinski definition) is 0. The smallest absolute Gasteiger partial charge is 0.329 e. The van der Waals surface area contributed by atoms with E-state index < -0.39 is 0 Å². The van der Waals surface area contributed by atoms with Gasteiger partial charge in [-0.3, -0.25) is 9.80 Å². The average molecular weight is 492 g/mol. The van der Waals surface area contributed by atoms with Gasteiger partial charge in [-0.25, -0.2) is 4.79 Å². The molecule has 1 fully saturated rings. The van der Waals surface area contributed by atoms with Crippen LogP contribution in [-0.2, 0) is 4.74 Å². The Morgan fingerprint density at radius 2 is 1.96 bits per heavy atom. The highest BCUT2D eigenvalue weighted by molar-refractivity contribution is 9.11. The van der Waals surface area contributed by atoms with Gasteiger partial charge in [-0.15, -0.1) is 0 Å². The van der Waals surface area contributed by atoms with Crippen molar-refractivity contribution in [3.63, 3.8) is 0 Å². The number of amides is 2. The van der Waals surface area contributed by atoms with Crippen LogP contribution >= 0.6 is 31.9 Å². The Hall–Kier alpha value is -1.37. The van der Waals surface area contributed by atoms with Gasteiger partial charge in [0.05, 0.1) is 23.5 Å². The summed E-state index contributed by atoms with van der Waals surface area (Å²) >= 11 is 7.31. The van der Waals surface area contributed by atoms with E-state index in [-0.39, 0.29) is 24.1 Å². The summed E-state index contributed by atoms with van der Waals surface area (Å²) in [7, 11) is 1.85. The number of carbonyl (C=O) groups is 1. The fraction of sp³-hybridized carbons (Fsp3) is 0.381. The van der Waals surface area contributed by atoms with Crippen molar-refractivity contribution >= 4 is 49.3 Å². The third-order valence-electron chi connectivity index (χ3n) is 6.01. The van der Waals surface area contributed by atoms with Crippen LogP contribution in [-0.4, -0.2) is 19.7 Å². The molecule has 140 valence electrons. The van der Waals surface area contributed by atoms with Crippen LogP contribution in [0.15, 0.2) is 39.3 Å². The van der Waals surface area contributed by atoms with Crippen molar-refractivity contribution in [1.82, 2.24) is 0 Å². The standard InChI is InChI=1S/C21H20Br2N2O2/c1-11-5-6-17-14(8-11)20-13(4-3-7-27-20)18-15-9-12(22)10-16(23)19(15)24(2)21(26)25(17)18/h5-6,8-10,13,18,20H,3-4,7H2,1-2H3. The SMILES string of the molecule is Cc1ccc2c(c1)C1OCCCC1C1c3cc(Br)cc(Br)c3N(C)C(=O)N21. The Balaban J connectivity index is 1.80. The Labute approximate surface area is 175 Å². The van der Waals surface area contributed by atoms with Crippen LogP contribution in [0.25, 0.3) is 0 Å².